The summed E-state index contributed by atoms with van der Waals surface area (Å²) in [7, 11) is 0. The summed E-state index contributed by atoms with van der Waals surface area (Å²) in [4.78, 5) is 20.1. The number of nitrogens with zero attached hydrogens (tertiary/aromatic N) is 3. The second-order valence-corrected chi connectivity index (χ2v) is 8.56. The summed E-state index contributed by atoms with van der Waals surface area (Å²) in [6, 6.07) is 1.68. The van der Waals surface area contributed by atoms with Gasteiger partial charge in [-0.15, -0.1) is 0 Å². The molecule has 6 nitrogen and oxygen atoms in total. The van der Waals surface area contributed by atoms with Crippen LogP contribution >= 0.6 is 27.5 Å². The van der Waals surface area contributed by atoms with Crippen LogP contribution in [0.4, 0.5) is 15.2 Å². The predicted molar refractivity (Wildman–Crippen MR) is 101 cm³/mol. The Bertz CT molecular complexity index is 852. The number of anilines is 1. The highest BCUT2D eigenvalue weighted by atomic mass is 79.9. The molecule has 0 unspecified atom stereocenters. The zero-order valence-corrected chi connectivity index (χ0v) is 17.3. The average molecular weight is 449 g/mol. The molecule has 9 heteroatoms. The summed E-state index contributed by atoms with van der Waals surface area (Å²) in [6.07, 6.45) is -0.345. The van der Waals surface area contributed by atoms with E-state index in [0.29, 0.717) is 35.7 Å². The van der Waals surface area contributed by atoms with Gasteiger partial charge in [-0.1, -0.05) is 11.6 Å². The number of halogens is 3. The summed E-state index contributed by atoms with van der Waals surface area (Å²) in [5, 5.41) is -0.0213. The number of ether oxygens (including phenoxy) is 1. The van der Waals surface area contributed by atoms with E-state index in [-0.39, 0.29) is 22.7 Å². The Hall–Kier alpha value is -1.54. The van der Waals surface area contributed by atoms with Crippen molar-refractivity contribution in [3.8, 4) is 0 Å². The molecule has 142 valence electrons. The third-order valence-electron chi connectivity index (χ3n) is 4.03. The van der Waals surface area contributed by atoms with Gasteiger partial charge in [0.15, 0.2) is 11.4 Å². The lowest BCUT2D eigenvalue weighted by Gasteiger charge is -2.39. The number of aromatic nitrogens is 1. The number of benzene rings is 1. The number of hydrogen-bond donors (Lipinski definition) is 0. The van der Waals surface area contributed by atoms with Gasteiger partial charge in [0.2, 0.25) is 0 Å². The van der Waals surface area contributed by atoms with E-state index in [2.05, 4.69) is 20.9 Å². The minimum Gasteiger partial charge on any atom is -0.444 e. The molecule has 0 N–H and O–H groups in total. The minimum atomic E-state index is -0.611. The lowest BCUT2D eigenvalue weighted by atomic mass is 10.2. The molecule has 3 rings (SSSR count). The molecule has 2 heterocycles. The lowest BCUT2D eigenvalue weighted by Crippen LogP contribution is -2.54. The monoisotopic (exact) mass is 447 g/mol. The number of oxazole rings is 1. The van der Waals surface area contributed by atoms with E-state index in [1.807, 2.05) is 32.6 Å². The second-order valence-electron chi connectivity index (χ2n) is 7.30. The maximum absolute atomic E-state index is 14.2. The van der Waals surface area contributed by atoms with E-state index in [9.17, 15) is 9.18 Å². The van der Waals surface area contributed by atoms with Crippen molar-refractivity contribution >= 4 is 50.7 Å². The highest BCUT2D eigenvalue weighted by Crippen LogP contribution is 2.35. The van der Waals surface area contributed by atoms with Gasteiger partial charge in [-0.05, 0) is 49.7 Å². The van der Waals surface area contributed by atoms with Crippen LogP contribution in [0.5, 0.6) is 0 Å². The summed E-state index contributed by atoms with van der Waals surface area (Å²) in [5.74, 6) is -0.611. The van der Waals surface area contributed by atoms with E-state index in [4.69, 9.17) is 20.8 Å². The molecule has 0 bridgehead atoms. The number of piperazine rings is 1. The molecule has 1 fully saturated rings. The fraction of sp³-hybridized carbons (Fsp3) is 0.529. The van der Waals surface area contributed by atoms with E-state index < -0.39 is 11.4 Å². The molecule has 0 spiro atoms. The molecule has 26 heavy (non-hydrogen) atoms. The van der Waals surface area contributed by atoms with E-state index >= 15 is 0 Å². The van der Waals surface area contributed by atoms with Crippen molar-refractivity contribution in [3.63, 3.8) is 0 Å². The Morgan fingerprint density at radius 1 is 1.46 bits per heavy atom. The van der Waals surface area contributed by atoms with Gasteiger partial charge >= 0.3 is 6.09 Å². The number of carbonyl (C=O) groups excluding carboxylic acids is 1. The van der Waals surface area contributed by atoms with Crippen LogP contribution < -0.4 is 4.90 Å². The van der Waals surface area contributed by atoms with Crippen LogP contribution in [0.25, 0.3) is 11.1 Å². The summed E-state index contributed by atoms with van der Waals surface area (Å²) in [5.41, 5.74) is -0.148. The largest absolute Gasteiger partial charge is 0.444 e. The smallest absolute Gasteiger partial charge is 0.410 e. The van der Waals surface area contributed by atoms with Crippen molar-refractivity contribution in [1.82, 2.24) is 9.88 Å². The van der Waals surface area contributed by atoms with Crippen LogP contribution in [-0.4, -0.2) is 47.3 Å². The average Bonchev–Trinajstić information content (AvgIpc) is 2.96. The fourth-order valence-electron chi connectivity index (χ4n) is 2.83. The molecule has 0 radical (unpaired) electrons. The molecule has 1 atom stereocenters. The molecule has 1 aliphatic rings. The SMILES string of the molecule is C[C@H]1CN(C(=O)OC(C)(C)C)CCN1c1nc2c(F)c(Cl)cc(Br)c2o1. The highest BCUT2D eigenvalue weighted by molar-refractivity contribution is 9.10. The Kier molecular flexibility index (Phi) is 5.09. The molecule has 1 saturated heterocycles. The molecule has 1 aliphatic heterocycles. The fourth-order valence-corrected chi connectivity index (χ4v) is 3.66. The molecular weight excluding hydrogens is 429 g/mol. The van der Waals surface area contributed by atoms with Gasteiger partial charge < -0.3 is 19.0 Å². The van der Waals surface area contributed by atoms with Crippen LogP contribution in [0.2, 0.25) is 5.02 Å². The molecule has 1 aromatic carbocycles. The zero-order valence-electron chi connectivity index (χ0n) is 15.0. The van der Waals surface area contributed by atoms with Crippen LogP contribution in [0.15, 0.2) is 15.0 Å². The van der Waals surface area contributed by atoms with Crippen molar-refractivity contribution in [3.05, 3.63) is 21.4 Å². The number of rotatable bonds is 1. The molecule has 0 aliphatic carbocycles. The predicted octanol–water partition coefficient (Wildman–Crippen LogP) is 4.83. The van der Waals surface area contributed by atoms with Gasteiger partial charge in [0.05, 0.1) is 9.50 Å². The van der Waals surface area contributed by atoms with Crippen LogP contribution in [0.1, 0.15) is 27.7 Å². The first-order chi connectivity index (χ1) is 12.1. The topological polar surface area (TPSA) is 58.8 Å². The Labute approximate surface area is 164 Å². The Balaban J connectivity index is 1.80. The third-order valence-corrected chi connectivity index (χ3v) is 4.89. The maximum atomic E-state index is 14.2. The Morgan fingerprint density at radius 3 is 2.77 bits per heavy atom. The molecule has 2 aromatic rings. The molecule has 1 amide bonds. The van der Waals surface area contributed by atoms with E-state index in [1.165, 1.54) is 6.07 Å². The third kappa shape index (κ3) is 3.76. The zero-order chi connectivity index (χ0) is 19.2. The van der Waals surface area contributed by atoms with Crippen molar-refractivity contribution in [2.45, 2.75) is 39.3 Å². The summed E-state index contributed by atoms with van der Waals surface area (Å²) in [6.45, 7) is 8.87. The summed E-state index contributed by atoms with van der Waals surface area (Å²) >= 11 is 9.18. The lowest BCUT2D eigenvalue weighted by molar-refractivity contribution is 0.0216. The van der Waals surface area contributed by atoms with Gasteiger partial charge in [-0.2, -0.15) is 4.98 Å². The minimum absolute atomic E-state index is 0.0213. The van der Waals surface area contributed by atoms with Crippen molar-refractivity contribution in [2.24, 2.45) is 0 Å². The van der Waals surface area contributed by atoms with Crippen LogP contribution in [0.3, 0.4) is 0 Å². The Morgan fingerprint density at radius 2 is 2.15 bits per heavy atom. The van der Waals surface area contributed by atoms with E-state index in [1.54, 1.807) is 4.90 Å². The number of fused-ring (bicyclic) bond motifs is 1. The summed E-state index contributed by atoms with van der Waals surface area (Å²) < 4.78 is 25.9. The number of amides is 1. The normalized spacial score (nSPS) is 18.5. The van der Waals surface area contributed by atoms with Gasteiger partial charge in [-0.3, -0.25) is 0 Å². The van der Waals surface area contributed by atoms with Gasteiger partial charge in [0.25, 0.3) is 6.01 Å². The molecular formula is C17H20BrClFN3O3. The molecule has 0 saturated carbocycles. The van der Waals surface area contributed by atoms with Crippen LogP contribution in [0, 0.1) is 5.82 Å². The van der Waals surface area contributed by atoms with E-state index in [0.717, 1.165) is 0 Å². The first kappa shape index (κ1) is 19.2. The first-order valence-electron chi connectivity index (χ1n) is 8.25. The second kappa shape index (κ2) is 6.88. The maximum Gasteiger partial charge on any atom is 0.410 e. The highest BCUT2D eigenvalue weighted by Gasteiger charge is 2.32. The number of carbonyl (C=O) groups is 1. The van der Waals surface area contributed by atoms with Gasteiger partial charge in [0.1, 0.15) is 11.1 Å². The van der Waals surface area contributed by atoms with Gasteiger partial charge in [-0.25, -0.2) is 9.18 Å². The quantitative estimate of drug-likeness (QED) is 0.585. The number of hydrogen-bond acceptors (Lipinski definition) is 5. The van der Waals surface area contributed by atoms with Crippen LogP contribution in [-0.2, 0) is 4.74 Å². The molecule has 1 aromatic heterocycles. The standard InChI is InChI=1S/C17H20BrClFN3O3/c1-9-8-22(16(24)26-17(2,3)4)5-6-23(9)15-21-13-12(20)11(19)7-10(18)14(13)25-15/h7,9H,5-6,8H2,1-4H3/t9-/m0/s1. The van der Waals surface area contributed by atoms with Gasteiger partial charge in [0, 0.05) is 25.7 Å². The van der Waals surface area contributed by atoms with Crippen molar-refractivity contribution in [1.29, 1.82) is 0 Å². The van der Waals surface area contributed by atoms with Crippen molar-refractivity contribution in [2.75, 3.05) is 24.5 Å². The van der Waals surface area contributed by atoms with Crippen molar-refractivity contribution < 1.29 is 18.3 Å². The first-order valence-corrected chi connectivity index (χ1v) is 9.42.